The quantitative estimate of drug-likeness (QED) is 0.507. The van der Waals surface area contributed by atoms with Gasteiger partial charge in [-0.05, 0) is 44.5 Å². The van der Waals surface area contributed by atoms with E-state index >= 15 is 0 Å². The number of hydrogen-bond acceptors (Lipinski definition) is 5. The van der Waals surface area contributed by atoms with Crippen molar-refractivity contribution in [3.63, 3.8) is 0 Å². The second-order valence-electron chi connectivity index (χ2n) is 6.23. The number of aryl methyl sites for hydroxylation is 3. The maximum atomic E-state index is 12.5. The number of nitrogens with zero attached hydrogens (tertiary/aromatic N) is 2. The molecule has 0 bridgehead atoms. The van der Waals surface area contributed by atoms with Crippen LogP contribution in [0, 0.1) is 32.1 Å². The monoisotopic (exact) mass is 362 g/mol. The van der Waals surface area contributed by atoms with Crippen LogP contribution in [0.15, 0.2) is 47.1 Å². The van der Waals surface area contributed by atoms with Gasteiger partial charge < -0.3 is 9.15 Å². The first-order chi connectivity index (χ1) is 12.9. The number of furan rings is 1. The molecule has 3 rings (SSSR count). The van der Waals surface area contributed by atoms with Crippen LogP contribution in [-0.4, -0.2) is 22.9 Å². The fourth-order valence-corrected chi connectivity index (χ4v) is 2.85. The molecule has 0 radical (unpaired) electrons. The van der Waals surface area contributed by atoms with Crippen LogP contribution in [0.3, 0.4) is 0 Å². The van der Waals surface area contributed by atoms with Crippen LogP contribution >= 0.6 is 0 Å². The van der Waals surface area contributed by atoms with Crippen molar-refractivity contribution in [1.82, 2.24) is 4.57 Å². The van der Waals surface area contributed by atoms with Crippen LogP contribution in [0.25, 0.3) is 5.88 Å². The zero-order valence-electron chi connectivity index (χ0n) is 15.3. The third-order valence-electron chi connectivity index (χ3n) is 4.25. The molecule has 136 valence electrons. The Balaban J connectivity index is 1.82. The highest BCUT2D eigenvalue weighted by Crippen LogP contribution is 2.26. The van der Waals surface area contributed by atoms with Crippen molar-refractivity contribution < 1.29 is 18.7 Å². The van der Waals surface area contributed by atoms with Crippen LogP contribution in [-0.2, 0) is 4.74 Å². The fourth-order valence-electron chi connectivity index (χ4n) is 2.85. The lowest BCUT2D eigenvalue weighted by molar-refractivity contribution is 0.0472. The molecule has 2 aromatic heterocycles. The van der Waals surface area contributed by atoms with Gasteiger partial charge in [-0.15, -0.1) is 0 Å². The minimum absolute atomic E-state index is 0.0370. The van der Waals surface area contributed by atoms with Gasteiger partial charge in [0.15, 0.2) is 6.61 Å². The molecule has 1 aromatic carbocycles. The molecule has 0 aliphatic carbocycles. The third-order valence-corrected chi connectivity index (χ3v) is 4.25. The van der Waals surface area contributed by atoms with Gasteiger partial charge in [-0.2, -0.15) is 5.26 Å². The highest BCUT2D eigenvalue weighted by atomic mass is 16.5. The number of carbonyl (C=O) groups is 2. The first kappa shape index (κ1) is 18.2. The number of ketones is 1. The largest absolute Gasteiger partial charge is 0.454 e. The molecule has 2 heterocycles. The van der Waals surface area contributed by atoms with Crippen molar-refractivity contribution in [2.75, 3.05) is 6.61 Å². The smallest absolute Gasteiger partial charge is 0.343 e. The summed E-state index contributed by atoms with van der Waals surface area (Å²) in [6.45, 7) is 4.89. The van der Waals surface area contributed by atoms with Crippen LogP contribution in [0.5, 0.6) is 0 Å². The van der Waals surface area contributed by atoms with E-state index in [0.717, 1.165) is 11.1 Å². The van der Waals surface area contributed by atoms with E-state index < -0.39 is 12.6 Å². The van der Waals surface area contributed by atoms with Gasteiger partial charge in [-0.1, -0.05) is 17.7 Å². The summed E-state index contributed by atoms with van der Waals surface area (Å²) in [5.74, 6) is -0.549. The van der Waals surface area contributed by atoms with E-state index in [2.05, 4.69) is 0 Å². The van der Waals surface area contributed by atoms with Crippen molar-refractivity contribution in [1.29, 1.82) is 5.26 Å². The Bertz CT molecular complexity index is 1050. The molecular weight excluding hydrogens is 344 g/mol. The standard InChI is InChI=1S/C21H18N2O4/c1-13-6-7-14(2)16(10-13)18(24)12-26-21(25)19-15(3)27-20(17(19)11-22)23-8-4-5-9-23/h4-10H,12H2,1-3H3. The SMILES string of the molecule is Cc1ccc(C)c(C(=O)COC(=O)c2c(C)oc(-n3cccc3)c2C#N)c1. The van der Waals surface area contributed by atoms with E-state index in [-0.39, 0.29) is 28.6 Å². The van der Waals surface area contributed by atoms with Gasteiger partial charge in [0.1, 0.15) is 23.0 Å². The van der Waals surface area contributed by atoms with Crippen molar-refractivity contribution in [3.05, 3.63) is 76.3 Å². The molecule has 3 aromatic rings. The molecule has 0 aliphatic heterocycles. The van der Waals surface area contributed by atoms with E-state index in [1.54, 1.807) is 42.1 Å². The lowest BCUT2D eigenvalue weighted by Crippen LogP contribution is -2.16. The van der Waals surface area contributed by atoms with Crippen LogP contribution in [0.2, 0.25) is 0 Å². The van der Waals surface area contributed by atoms with Crippen molar-refractivity contribution >= 4 is 11.8 Å². The van der Waals surface area contributed by atoms with E-state index in [4.69, 9.17) is 9.15 Å². The lowest BCUT2D eigenvalue weighted by Gasteiger charge is -2.07. The van der Waals surface area contributed by atoms with E-state index in [0.29, 0.717) is 5.56 Å². The summed E-state index contributed by atoms with van der Waals surface area (Å²) in [4.78, 5) is 24.9. The number of nitriles is 1. The van der Waals surface area contributed by atoms with Gasteiger partial charge >= 0.3 is 5.97 Å². The highest BCUT2D eigenvalue weighted by Gasteiger charge is 2.26. The molecule has 0 aliphatic rings. The Morgan fingerprint density at radius 2 is 1.89 bits per heavy atom. The predicted octanol–water partition coefficient (Wildman–Crippen LogP) is 3.91. The Hall–Kier alpha value is -3.59. The van der Waals surface area contributed by atoms with Crippen LogP contribution in [0.1, 0.15) is 43.2 Å². The maximum Gasteiger partial charge on any atom is 0.343 e. The third kappa shape index (κ3) is 3.53. The number of rotatable bonds is 5. The topological polar surface area (TPSA) is 85.2 Å². The highest BCUT2D eigenvalue weighted by molar-refractivity contribution is 6.01. The van der Waals surface area contributed by atoms with E-state index in [9.17, 15) is 14.9 Å². The summed E-state index contributed by atoms with van der Waals surface area (Å²) in [7, 11) is 0. The van der Waals surface area contributed by atoms with Gasteiger partial charge in [0.25, 0.3) is 0 Å². The van der Waals surface area contributed by atoms with Gasteiger partial charge in [-0.3, -0.25) is 9.36 Å². The summed E-state index contributed by atoms with van der Waals surface area (Å²) < 4.78 is 12.4. The molecule has 6 heteroatoms. The molecule has 0 N–H and O–H groups in total. The average Bonchev–Trinajstić information content (AvgIpc) is 3.28. The minimum Gasteiger partial charge on any atom is -0.454 e. The zero-order chi connectivity index (χ0) is 19.6. The Morgan fingerprint density at radius 3 is 2.56 bits per heavy atom. The molecule has 0 saturated heterocycles. The number of aromatic nitrogens is 1. The number of hydrogen-bond donors (Lipinski definition) is 0. The first-order valence-corrected chi connectivity index (χ1v) is 8.36. The number of ether oxygens (including phenoxy) is 1. The number of benzene rings is 1. The van der Waals surface area contributed by atoms with Gasteiger partial charge in [0.05, 0.1) is 0 Å². The summed E-state index contributed by atoms with van der Waals surface area (Å²) in [5.41, 5.74) is 2.39. The van der Waals surface area contributed by atoms with Gasteiger partial charge in [-0.25, -0.2) is 4.79 Å². The van der Waals surface area contributed by atoms with Crippen molar-refractivity contribution in [2.24, 2.45) is 0 Å². The Morgan fingerprint density at radius 1 is 1.19 bits per heavy atom. The molecule has 0 fully saturated rings. The van der Waals surface area contributed by atoms with Crippen LogP contribution < -0.4 is 0 Å². The van der Waals surface area contributed by atoms with Crippen LogP contribution in [0.4, 0.5) is 0 Å². The molecule has 0 unspecified atom stereocenters. The molecule has 0 amide bonds. The minimum atomic E-state index is -0.759. The molecule has 0 saturated carbocycles. The normalized spacial score (nSPS) is 10.4. The molecule has 27 heavy (non-hydrogen) atoms. The van der Waals surface area contributed by atoms with E-state index in [1.807, 2.05) is 32.0 Å². The second-order valence-corrected chi connectivity index (χ2v) is 6.23. The first-order valence-electron chi connectivity index (χ1n) is 8.36. The lowest BCUT2D eigenvalue weighted by atomic mass is 10.0. The molecule has 0 atom stereocenters. The summed E-state index contributed by atoms with van der Waals surface area (Å²) >= 11 is 0. The second kappa shape index (κ2) is 7.34. The van der Waals surface area contributed by atoms with E-state index in [1.165, 1.54) is 0 Å². The fraction of sp³-hybridized carbons (Fsp3) is 0.190. The molecular formula is C21H18N2O4. The molecule has 0 spiro atoms. The number of carbonyl (C=O) groups excluding carboxylic acids is 2. The maximum absolute atomic E-state index is 12.5. The Labute approximate surface area is 156 Å². The average molecular weight is 362 g/mol. The molecule has 6 nitrogen and oxygen atoms in total. The van der Waals surface area contributed by atoms with Gasteiger partial charge in [0, 0.05) is 18.0 Å². The zero-order valence-corrected chi connectivity index (χ0v) is 15.3. The Kier molecular flexibility index (Phi) is 4.95. The van der Waals surface area contributed by atoms with Crippen molar-refractivity contribution in [2.45, 2.75) is 20.8 Å². The number of Topliss-reactive ketones (excluding diaryl/α,β-unsaturated/α-hetero) is 1. The van der Waals surface area contributed by atoms with Crippen molar-refractivity contribution in [3.8, 4) is 12.0 Å². The number of esters is 1. The predicted molar refractivity (Wildman–Crippen MR) is 98.0 cm³/mol. The van der Waals surface area contributed by atoms with Gasteiger partial charge in [0.2, 0.25) is 11.7 Å². The summed E-state index contributed by atoms with van der Waals surface area (Å²) in [6, 6.07) is 11.1. The summed E-state index contributed by atoms with van der Waals surface area (Å²) in [5, 5.41) is 9.48. The summed E-state index contributed by atoms with van der Waals surface area (Å²) in [6.07, 6.45) is 3.41.